The molecule has 1 unspecified atom stereocenters. The molecule has 19 heavy (non-hydrogen) atoms. The Morgan fingerprint density at radius 1 is 1.58 bits per heavy atom. The minimum absolute atomic E-state index is 0.486. The Hall–Kier alpha value is -1.97. The van der Waals surface area contributed by atoms with Crippen molar-refractivity contribution in [2.45, 2.75) is 19.4 Å². The van der Waals surface area contributed by atoms with E-state index in [1.165, 1.54) is 11.3 Å². The summed E-state index contributed by atoms with van der Waals surface area (Å²) in [6, 6.07) is 9.11. The molecule has 0 saturated carbocycles. The summed E-state index contributed by atoms with van der Waals surface area (Å²) >= 11 is 0. The van der Waals surface area contributed by atoms with E-state index in [-0.39, 0.29) is 0 Å². The van der Waals surface area contributed by atoms with E-state index >= 15 is 0 Å². The second-order valence-electron chi connectivity index (χ2n) is 4.81. The number of hydrogen-bond acceptors (Lipinski definition) is 2. The zero-order chi connectivity index (χ0) is 13.7. The van der Waals surface area contributed by atoms with Gasteiger partial charge in [-0.15, -0.1) is 6.58 Å². The Morgan fingerprint density at radius 2 is 2.37 bits per heavy atom. The average Bonchev–Trinajstić information content (AvgIpc) is 2.73. The highest BCUT2D eigenvalue weighted by atomic mass is 15.2. The molecule has 1 aromatic rings. The second kappa shape index (κ2) is 6.27. The van der Waals surface area contributed by atoms with E-state index in [4.69, 9.17) is 5.73 Å². The molecule has 0 amide bonds. The Labute approximate surface area is 115 Å². The highest BCUT2D eigenvalue weighted by Gasteiger charge is 2.24. The smallest absolute Gasteiger partial charge is 0.188 e. The number of anilines is 1. The van der Waals surface area contributed by atoms with Crippen molar-refractivity contribution in [1.82, 2.24) is 5.32 Å². The molecule has 1 aliphatic rings. The van der Waals surface area contributed by atoms with E-state index in [1.807, 2.05) is 0 Å². The topological polar surface area (TPSA) is 53.6 Å². The molecule has 4 heteroatoms. The molecule has 0 saturated heterocycles. The van der Waals surface area contributed by atoms with Crippen LogP contribution >= 0.6 is 0 Å². The van der Waals surface area contributed by atoms with Gasteiger partial charge in [0.05, 0.1) is 6.54 Å². The fraction of sp³-hybridized carbons (Fsp3) is 0.400. The predicted molar refractivity (Wildman–Crippen MR) is 81.6 cm³/mol. The van der Waals surface area contributed by atoms with E-state index < -0.39 is 0 Å². The van der Waals surface area contributed by atoms with Gasteiger partial charge in [-0.2, -0.15) is 0 Å². The minimum atomic E-state index is 0.486. The molecular formula is C15H22N4. The zero-order valence-corrected chi connectivity index (χ0v) is 11.5. The fourth-order valence-electron chi connectivity index (χ4n) is 2.48. The number of rotatable bonds is 5. The van der Waals surface area contributed by atoms with E-state index in [2.05, 4.69) is 53.0 Å². The number of nitrogens with two attached hydrogens (primary N) is 1. The van der Waals surface area contributed by atoms with Crippen molar-refractivity contribution < 1.29 is 0 Å². The van der Waals surface area contributed by atoms with E-state index in [9.17, 15) is 0 Å². The molecule has 0 aliphatic carbocycles. The van der Waals surface area contributed by atoms with Crippen LogP contribution in [-0.4, -0.2) is 31.6 Å². The van der Waals surface area contributed by atoms with Crippen LogP contribution in [0, 0.1) is 0 Å². The van der Waals surface area contributed by atoms with Crippen molar-refractivity contribution in [3.8, 4) is 0 Å². The molecule has 0 bridgehead atoms. The van der Waals surface area contributed by atoms with Crippen LogP contribution in [0.1, 0.15) is 12.5 Å². The minimum Gasteiger partial charge on any atom is -0.370 e. The van der Waals surface area contributed by atoms with Crippen LogP contribution in [0.2, 0.25) is 0 Å². The molecule has 1 heterocycles. The molecular weight excluding hydrogens is 236 g/mol. The Bertz CT molecular complexity index is 467. The van der Waals surface area contributed by atoms with Gasteiger partial charge >= 0.3 is 0 Å². The van der Waals surface area contributed by atoms with Gasteiger partial charge in [0.2, 0.25) is 0 Å². The van der Waals surface area contributed by atoms with E-state index in [0.29, 0.717) is 25.1 Å². The molecule has 0 fully saturated rings. The number of fused-ring (bicyclic) bond motifs is 1. The standard InChI is InChI=1S/C15H22N4/c1-3-8-17-15(16)18-9-10-19-12(2)11-13-6-4-5-7-14(13)19/h3-7,12H,1,8-11H2,2H3,(H3,16,17,18). The van der Waals surface area contributed by atoms with Gasteiger partial charge in [-0.05, 0) is 25.0 Å². The first-order chi connectivity index (χ1) is 9.22. The third-order valence-corrected chi connectivity index (χ3v) is 3.40. The van der Waals surface area contributed by atoms with Crippen molar-refractivity contribution in [3.63, 3.8) is 0 Å². The monoisotopic (exact) mass is 258 g/mol. The summed E-state index contributed by atoms with van der Waals surface area (Å²) in [4.78, 5) is 6.73. The quantitative estimate of drug-likeness (QED) is 0.478. The Balaban J connectivity index is 1.91. The van der Waals surface area contributed by atoms with Crippen LogP contribution in [0.4, 0.5) is 5.69 Å². The van der Waals surface area contributed by atoms with Crippen LogP contribution in [0.5, 0.6) is 0 Å². The number of para-hydroxylation sites is 1. The largest absolute Gasteiger partial charge is 0.370 e. The normalized spacial score (nSPS) is 18.3. The number of benzene rings is 1. The molecule has 4 nitrogen and oxygen atoms in total. The first-order valence-corrected chi connectivity index (χ1v) is 6.71. The molecule has 0 radical (unpaired) electrons. The number of nitrogens with one attached hydrogen (secondary N) is 1. The highest BCUT2D eigenvalue weighted by Crippen LogP contribution is 2.31. The number of aliphatic imine (C=N–C) groups is 1. The lowest BCUT2D eigenvalue weighted by Gasteiger charge is -2.24. The summed E-state index contributed by atoms with van der Waals surface area (Å²) in [5.41, 5.74) is 8.51. The van der Waals surface area contributed by atoms with Crippen LogP contribution in [0.15, 0.2) is 41.9 Å². The summed E-state index contributed by atoms with van der Waals surface area (Å²) in [6.07, 6.45) is 2.88. The maximum absolute atomic E-state index is 5.75. The Kier molecular flexibility index (Phi) is 4.44. The molecule has 0 aromatic heterocycles. The fourth-order valence-corrected chi connectivity index (χ4v) is 2.48. The van der Waals surface area contributed by atoms with Gasteiger partial charge in [0.1, 0.15) is 0 Å². The molecule has 1 aliphatic heterocycles. The summed E-state index contributed by atoms with van der Waals surface area (Å²) in [5, 5.41) is 2.98. The van der Waals surface area contributed by atoms with Crippen molar-refractivity contribution >= 4 is 11.6 Å². The number of hydrogen-bond donors (Lipinski definition) is 2. The number of guanidine groups is 1. The molecule has 3 N–H and O–H groups in total. The van der Waals surface area contributed by atoms with Gasteiger partial charge in [0.25, 0.3) is 0 Å². The van der Waals surface area contributed by atoms with Gasteiger partial charge in [-0.25, -0.2) is 0 Å². The number of nitrogens with zero attached hydrogens (tertiary/aromatic N) is 2. The lowest BCUT2D eigenvalue weighted by atomic mass is 10.1. The van der Waals surface area contributed by atoms with E-state index in [0.717, 1.165) is 13.0 Å². The molecule has 1 aromatic carbocycles. The molecule has 102 valence electrons. The second-order valence-corrected chi connectivity index (χ2v) is 4.81. The first kappa shape index (κ1) is 13.5. The predicted octanol–water partition coefficient (Wildman–Crippen LogP) is 1.53. The third-order valence-electron chi connectivity index (χ3n) is 3.40. The highest BCUT2D eigenvalue weighted by molar-refractivity contribution is 5.77. The van der Waals surface area contributed by atoms with Crippen LogP contribution in [-0.2, 0) is 6.42 Å². The van der Waals surface area contributed by atoms with Crippen LogP contribution in [0.3, 0.4) is 0 Å². The summed E-state index contributed by atoms with van der Waals surface area (Å²) in [6.45, 7) is 8.13. The molecule has 0 spiro atoms. The third kappa shape index (κ3) is 3.28. The summed E-state index contributed by atoms with van der Waals surface area (Å²) in [5.74, 6) is 0.486. The van der Waals surface area contributed by atoms with Gasteiger partial charge in [0, 0.05) is 24.8 Å². The van der Waals surface area contributed by atoms with Crippen molar-refractivity contribution in [2.24, 2.45) is 10.7 Å². The van der Waals surface area contributed by atoms with Gasteiger partial charge in [-0.1, -0.05) is 24.3 Å². The lowest BCUT2D eigenvalue weighted by Crippen LogP contribution is -2.35. The first-order valence-electron chi connectivity index (χ1n) is 6.71. The maximum atomic E-state index is 5.75. The SMILES string of the molecule is C=CCNC(N)=NCCN1c2ccccc2CC1C. The molecule has 2 rings (SSSR count). The average molecular weight is 258 g/mol. The van der Waals surface area contributed by atoms with Gasteiger partial charge in [0.15, 0.2) is 5.96 Å². The van der Waals surface area contributed by atoms with Crippen LogP contribution in [0.25, 0.3) is 0 Å². The lowest BCUT2D eigenvalue weighted by molar-refractivity contribution is 0.674. The zero-order valence-electron chi connectivity index (χ0n) is 11.5. The van der Waals surface area contributed by atoms with Crippen molar-refractivity contribution in [3.05, 3.63) is 42.5 Å². The van der Waals surface area contributed by atoms with Crippen LogP contribution < -0.4 is 16.0 Å². The molecule has 1 atom stereocenters. The van der Waals surface area contributed by atoms with Crippen molar-refractivity contribution in [2.75, 3.05) is 24.5 Å². The van der Waals surface area contributed by atoms with Gasteiger partial charge in [-0.3, -0.25) is 4.99 Å². The Morgan fingerprint density at radius 3 is 3.16 bits per heavy atom. The summed E-state index contributed by atoms with van der Waals surface area (Å²) in [7, 11) is 0. The van der Waals surface area contributed by atoms with Gasteiger partial charge < -0.3 is 16.0 Å². The maximum Gasteiger partial charge on any atom is 0.188 e. The van der Waals surface area contributed by atoms with E-state index in [1.54, 1.807) is 6.08 Å². The van der Waals surface area contributed by atoms with Crippen molar-refractivity contribution in [1.29, 1.82) is 0 Å². The summed E-state index contributed by atoms with van der Waals surface area (Å²) < 4.78 is 0.